The van der Waals surface area contributed by atoms with Crippen LogP contribution in [0.25, 0.3) is 11.1 Å². The monoisotopic (exact) mass is 529 g/mol. The van der Waals surface area contributed by atoms with Gasteiger partial charge in [-0.05, 0) is 48.9 Å². The Morgan fingerprint density at radius 1 is 1.18 bits per heavy atom. The predicted octanol–water partition coefficient (Wildman–Crippen LogP) is 3.04. The predicted molar refractivity (Wildman–Crippen MR) is 134 cm³/mol. The molecule has 0 saturated carbocycles. The molecule has 1 aliphatic heterocycles. The summed E-state index contributed by atoms with van der Waals surface area (Å²) in [5, 5.41) is 14.1. The Labute approximate surface area is 216 Å². The van der Waals surface area contributed by atoms with Gasteiger partial charge in [0.05, 0.1) is 30.2 Å². The summed E-state index contributed by atoms with van der Waals surface area (Å²) in [4.78, 5) is 34.8. The SMILES string of the molecule is Cc1ncc(NC(=O)c2cccc(C(F)(F)F)c2)cc1-c1ccnc(N2CCOC(CNC(=O)CO)C2)c1. The number of carbonyl (C=O) groups is 2. The molecule has 1 fully saturated rings. The minimum absolute atomic E-state index is 0.120. The lowest BCUT2D eigenvalue weighted by atomic mass is 10.0. The van der Waals surface area contributed by atoms with Crippen molar-refractivity contribution in [2.24, 2.45) is 0 Å². The molecule has 2 amide bonds. The van der Waals surface area contributed by atoms with Gasteiger partial charge >= 0.3 is 6.18 Å². The van der Waals surface area contributed by atoms with Crippen molar-refractivity contribution in [3.8, 4) is 11.1 Å². The molecule has 3 heterocycles. The maximum Gasteiger partial charge on any atom is 0.416 e. The number of nitrogens with one attached hydrogen (secondary N) is 2. The van der Waals surface area contributed by atoms with E-state index >= 15 is 0 Å². The number of halogens is 3. The normalized spacial score (nSPS) is 15.7. The quantitative estimate of drug-likeness (QED) is 0.431. The van der Waals surface area contributed by atoms with Crippen LogP contribution >= 0.6 is 0 Å². The number of aromatic nitrogens is 2. The molecule has 1 aromatic carbocycles. The van der Waals surface area contributed by atoms with E-state index in [2.05, 4.69) is 20.6 Å². The van der Waals surface area contributed by atoms with Gasteiger partial charge in [0.15, 0.2) is 0 Å². The number of hydrogen-bond donors (Lipinski definition) is 3. The van der Waals surface area contributed by atoms with Gasteiger partial charge in [0.25, 0.3) is 5.91 Å². The second-order valence-corrected chi connectivity index (χ2v) is 8.69. The Hall–Kier alpha value is -4.03. The van der Waals surface area contributed by atoms with Crippen molar-refractivity contribution in [2.75, 3.05) is 43.1 Å². The van der Waals surface area contributed by atoms with Crippen LogP contribution in [0.2, 0.25) is 0 Å². The molecule has 0 spiro atoms. The molecule has 9 nitrogen and oxygen atoms in total. The molecule has 1 aliphatic rings. The van der Waals surface area contributed by atoms with E-state index in [1.165, 1.54) is 18.3 Å². The fourth-order valence-corrected chi connectivity index (χ4v) is 4.03. The van der Waals surface area contributed by atoms with Crippen molar-refractivity contribution < 1.29 is 32.6 Å². The van der Waals surface area contributed by atoms with Gasteiger partial charge in [-0.2, -0.15) is 13.2 Å². The second-order valence-electron chi connectivity index (χ2n) is 8.69. The summed E-state index contributed by atoms with van der Waals surface area (Å²) in [6, 6.07) is 9.59. The van der Waals surface area contributed by atoms with Gasteiger partial charge in [-0.3, -0.25) is 14.6 Å². The number of alkyl halides is 3. The zero-order valence-corrected chi connectivity index (χ0v) is 20.5. The first-order chi connectivity index (χ1) is 18.1. The molecule has 3 N–H and O–H groups in total. The molecule has 3 aromatic rings. The van der Waals surface area contributed by atoms with Gasteiger partial charge in [-0.25, -0.2) is 4.98 Å². The molecule has 1 atom stereocenters. The first kappa shape index (κ1) is 27.0. The highest BCUT2D eigenvalue weighted by Gasteiger charge is 2.31. The van der Waals surface area contributed by atoms with E-state index in [9.17, 15) is 22.8 Å². The highest BCUT2D eigenvalue weighted by molar-refractivity contribution is 6.04. The fourth-order valence-electron chi connectivity index (χ4n) is 4.03. The van der Waals surface area contributed by atoms with Crippen LogP contribution in [0.5, 0.6) is 0 Å². The van der Waals surface area contributed by atoms with E-state index in [4.69, 9.17) is 9.84 Å². The largest absolute Gasteiger partial charge is 0.416 e. The molecule has 1 saturated heterocycles. The number of benzene rings is 1. The van der Waals surface area contributed by atoms with Crippen LogP contribution in [-0.4, -0.2) is 65.8 Å². The molecular formula is C26H26F3N5O4. The van der Waals surface area contributed by atoms with Crippen molar-refractivity contribution in [3.05, 3.63) is 71.7 Å². The third-order valence-electron chi connectivity index (χ3n) is 5.99. The zero-order chi connectivity index (χ0) is 27.3. The summed E-state index contributed by atoms with van der Waals surface area (Å²) in [6.07, 6.45) is -1.74. The first-order valence-electron chi connectivity index (χ1n) is 11.8. The standard InChI is InChI=1S/C26H26F3N5O4/c1-16-22(11-20(12-31-16)33-25(37)18-3-2-4-19(9-18)26(27,28)29)17-5-6-30-23(10-17)34-7-8-38-21(14-34)13-32-24(36)15-35/h2-6,9-12,21,35H,7-8,13-15H2,1H3,(H,32,36)(H,33,37). The van der Waals surface area contributed by atoms with Crippen molar-refractivity contribution in [1.29, 1.82) is 0 Å². The Balaban J connectivity index is 1.51. The van der Waals surface area contributed by atoms with E-state index in [1.54, 1.807) is 18.3 Å². The van der Waals surface area contributed by atoms with E-state index < -0.39 is 30.2 Å². The number of aryl methyl sites for hydroxylation is 1. The average molecular weight is 530 g/mol. The Bertz CT molecular complexity index is 1320. The molecule has 200 valence electrons. The summed E-state index contributed by atoms with van der Waals surface area (Å²) < 4.78 is 44.8. The van der Waals surface area contributed by atoms with Crippen molar-refractivity contribution >= 4 is 23.3 Å². The minimum Gasteiger partial charge on any atom is -0.387 e. The van der Waals surface area contributed by atoms with Gasteiger partial charge < -0.3 is 25.4 Å². The van der Waals surface area contributed by atoms with Gasteiger partial charge in [0, 0.05) is 42.7 Å². The summed E-state index contributed by atoms with van der Waals surface area (Å²) in [6.45, 7) is 2.97. The number of hydrogen-bond acceptors (Lipinski definition) is 7. The van der Waals surface area contributed by atoms with E-state index in [0.29, 0.717) is 36.9 Å². The number of morpholine rings is 1. The summed E-state index contributed by atoms with van der Waals surface area (Å²) in [5.41, 5.74) is 1.49. The third kappa shape index (κ3) is 6.64. The Morgan fingerprint density at radius 2 is 2.00 bits per heavy atom. The highest BCUT2D eigenvalue weighted by Crippen LogP contribution is 2.31. The van der Waals surface area contributed by atoms with Crippen LogP contribution in [0.4, 0.5) is 24.7 Å². The Kier molecular flexibility index (Phi) is 8.23. The molecule has 1 unspecified atom stereocenters. The van der Waals surface area contributed by atoms with Crippen molar-refractivity contribution in [1.82, 2.24) is 15.3 Å². The van der Waals surface area contributed by atoms with Crippen molar-refractivity contribution in [2.45, 2.75) is 19.2 Å². The highest BCUT2D eigenvalue weighted by atomic mass is 19.4. The van der Waals surface area contributed by atoms with Gasteiger partial charge in [0.1, 0.15) is 12.4 Å². The summed E-state index contributed by atoms with van der Waals surface area (Å²) >= 11 is 0. The number of carbonyl (C=O) groups excluding carboxylic acids is 2. The van der Waals surface area contributed by atoms with Crippen LogP contribution in [0.15, 0.2) is 54.9 Å². The van der Waals surface area contributed by atoms with Crippen LogP contribution in [0, 0.1) is 6.92 Å². The molecule has 38 heavy (non-hydrogen) atoms. The van der Waals surface area contributed by atoms with Crippen LogP contribution < -0.4 is 15.5 Å². The smallest absolute Gasteiger partial charge is 0.387 e. The molecule has 4 rings (SSSR count). The van der Waals surface area contributed by atoms with Gasteiger partial charge in [-0.15, -0.1) is 0 Å². The van der Waals surface area contributed by atoms with Crippen molar-refractivity contribution in [3.63, 3.8) is 0 Å². The number of aliphatic hydroxyl groups excluding tert-OH is 1. The molecule has 2 aromatic heterocycles. The molecule has 0 aliphatic carbocycles. The average Bonchev–Trinajstić information content (AvgIpc) is 2.92. The molecule has 0 radical (unpaired) electrons. The number of anilines is 2. The number of pyridine rings is 2. The number of nitrogens with zero attached hydrogens (tertiary/aromatic N) is 3. The number of amides is 2. The van der Waals surface area contributed by atoms with E-state index in [0.717, 1.165) is 23.3 Å². The van der Waals surface area contributed by atoms with Crippen LogP contribution in [0.3, 0.4) is 0 Å². The van der Waals surface area contributed by atoms with Gasteiger partial charge in [-0.1, -0.05) is 6.07 Å². The lowest BCUT2D eigenvalue weighted by Gasteiger charge is -2.34. The maximum absolute atomic E-state index is 13.0. The summed E-state index contributed by atoms with van der Waals surface area (Å²) in [5.74, 6) is -0.480. The van der Waals surface area contributed by atoms with Gasteiger partial charge in [0.2, 0.25) is 5.91 Å². The Morgan fingerprint density at radius 3 is 2.76 bits per heavy atom. The minimum atomic E-state index is -4.55. The molecule has 12 heteroatoms. The topological polar surface area (TPSA) is 117 Å². The zero-order valence-electron chi connectivity index (χ0n) is 20.5. The maximum atomic E-state index is 13.0. The number of rotatable bonds is 7. The first-order valence-corrected chi connectivity index (χ1v) is 11.8. The molecular weight excluding hydrogens is 503 g/mol. The summed E-state index contributed by atoms with van der Waals surface area (Å²) in [7, 11) is 0. The lowest BCUT2D eigenvalue weighted by Crippen LogP contribution is -2.48. The number of aliphatic hydroxyl groups is 1. The molecule has 0 bridgehead atoms. The number of ether oxygens (including phenoxy) is 1. The van der Waals surface area contributed by atoms with Crippen LogP contribution in [-0.2, 0) is 15.7 Å². The third-order valence-corrected chi connectivity index (χ3v) is 5.99. The van der Waals surface area contributed by atoms with E-state index in [1.807, 2.05) is 17.9 Å². The van der Waals surface area contributed by atoms with Crippen LogP contribution in [0.1, 0.15) is 21.6 Å². The second kappa shape index (κ2) is 11.6. The fraction of sp³-hybridized carbons (Fsp3) is 0.308. The van der Waals surface area contributed by atoms with E-state index in [-0.39, 0.29) is 18.2 Å². The lowest BCUT2D eigenvalue weighted by molar-refractivity contribution is -0.137.